The largest absolute Gasteiger partial charge is 0.317 e. The third-order valence-corrected chi connectivity index (χ3v) is 5.50. The van der Waals surface area contributed by atoms with Gasteiger partial charge in [0.2, 0.25) is 0 Å². The fourth-order valence-corrected chi connectivity index (χ4v) is 4.36. The number of nitrogens with one attached hydrogen (secondary N) is 1. The summed E-state index contributed by atoms with van der Waals surface area (Å²) in [5, 5.41) is 3.49. The Hall–Kier alpha value is -0.570. The van der Waals surface area contributed by atoms with Gasteiger partial charge in [-0.1, -0.05) is 37.3 Å². The average Bonchev–Trinajstić information content (AvgIpc) is 2.98. The van der Waals surface area contributed by atoms with Gasteiger partial charge in [-0.15, -0.1) is 12.4 Å². The van der Waals surface area contributed by atoms with Crippen molar-refractivity contribution in [2.24, 2.45) is 5.92 Å². The SMILES string of the molecule is CCC(c1ccccc1)C1CCCN1CC1CCNCC1.Cl. The molecule has 3 rings (SSSR count). The Kier molecular flexibility index (Phi) is 7.20. The molecule has 0 aromatic heterocycles. The summed E-state index contributed by atoms with van der Waals surface area (Å²) in [6.45, 7) is 7.45. The molecule has 124 valence electrons. The van der Waals surface area contributed by atoms with Crippen molar-refractivity contribution < 1.29 is 0 Å². The van der Waals surface area contributed by atoms with Crippen LogP contribution in [0.4, 0.5) is 0 Å². The molecule has 0 aliphatic carbocycles. The van der Waals surface area contributed by atoms with Crippen molar-refractivity contribution in [3.05, 3.63) is 35.9 Å². The number of likely N-dealkylation sites (tertiary alicyclic amines) is 1. The minimum absolute atomic E-state index is 0. The number of hydrogen-bond donors (Lipinski definition) is 1. The van der Waals surface area contributed by atoms with E-state index in [2.05, 4.69) is 47.5 Å². The highest BCUT2D eigenvalue weighted by atomic mass is 35.5. The summed E-state index contributed by atoms with van der Waals surface area (Å²) in [7, 11) is 0. The molecule has 2 fully saturated rings. The number of piperidine rings is 1. The summed E-state index contributed by atoms with van der Waals surface area (Å²) in [6, 6.07) is 12.0. The van der Waals surface area contributed by atoms with E-state index in [-0.39, 0.29) is 12.4 Å². The van der Waals surface area contributed by atoms with Crippen LogP contribution in [0.2, 0.25) is 0 Å². The van der Waals surface area contributed by atoms with Crippen molar-refractivity contribution in [3.8, 4) is 0 Å². The molecule has 0 saturated carbocycles. The molecule has 2 aliphatic heterocycles. The first-order valence-electron chi connectivity index (χ1n) is 8.88. The second kappa shape index (κ2) is 8.90. The molecule has 0 spiro atoms. The van der Waals surface area contributed by atoms with Crippen LogP contribution in [0.1, 0.15) is 50.5 Å². The minimum Gasteiger partial charge on any atom is -0.317 e. The van der Waals surface area contributed by atoms with Crippen molar-refractivity contribution in [2.75, 3.05) is 26.2 Å². The number of halogens is 1. The van der Waals surface area contributed by atoms with Crippen LogP contribution in [-0.4, -0.2) is 37.1 Å². The molecule has 2 unspecified atom stereocenters. The molecule has 1 aromatic rings. The Morgan fingerprint density at radius 1 is 1.14 bits per heavy atom. The fraction of sp³-hybridized carbons (Fsp3) is 0.684. The first kappa shape index (κ1) is 17.8. The van der Waals surface area contributed by atoms with E-state index in [1.54, 1.807) is 5.56 Å². The van der Waals surface area contributed by atoms with Gasteiger partial charge in [-0.05, 0) is 69.1 Å². The summed E-state index contributed by atoms with van der Waals surface area (Å²) in [5.41, 5.74) is 1.54. The monoisotopic (exact) mass is 322 g/mol. The summed E-state index contributed by atoms with van der Waals surface area (Å²) in [4.78, 5) is 2.82. The van der Waals surface area contributed by atoms with Crippen LogP contribution in [0.25, 0.3) is 0 Å². The Morgan fingerprint density at radius 3 is 2.55 bits per heavy atom. The predicted molar refractivity (Wildman–Crippen MR) is 96.9 cm³/mol. The Balaban J connectivity index is 0.00000176. The molecule has 2 aliphatic rings. The van der Waals surface area contributed by atoms with Crippen LogP contribution in [0.3, 0.4) is 0 Å². The highest BCUT2D eigenvalue weighted by molar-refractivity contribution is 5.85. The number of rotatable bonds is 5. The van der Waals surface area contributed by atoms with E-state index >= 15 is 0 Å². The van der Waals surface area contributed by atoms with Gasteiger partial charge in [-0.25, -0.2) is 0 Å². The van der Waals surface area contributed by atoms with E-state index in [9.17, 15) is 0 Å². The lowest BCUT2D eigenvalue weighted by molar-refractivity contribution is 0.171. The first-order valence-corrected chi connectivity index (χ1v) is 8.88. The molecule has 2 heterocycles. The van der Waals surface area contributed by atoms with E-state index < -0.39 is 0 Å². The Bertz CT molecular complexity index is 417. The van der Waals surface area contributed by atoms with E-state index in [1.165, 1.54) is 58.3 Å². The fourth-order valence-electron chi connectivity index (χ4n) is 4.36. The lowest BCUT2D eigenvalue weighted by Crippen LogP contribution is -2.40. The molecular formula is C19H31ClN2. The standard InChI is InChI=1S/C19H30N2.ClH/c1-2-18(17-7-4-3-5-8-17)19-9-6-14-21(19)15-16-10-12-20-13-11-16;/h3-5,7-8,16,18-20H,2,6,9-15H2,1H3;1H. The van der Waals surface area contributed by atoms with Gasteiger partial charge in [0.1, 0.15) is 0 Å². The zero-order valence-corrected chi connectivity index (χ0v) is 14.7. The Morgan fingerprint density at radius 2 is 1.86 bits per heavy atom. The molecule has 2 atom stereocenters. The number of nitrogens with zero attached hydrogens (tertiary/aromatic N) is 1. The molecule has 3 heteroatoms. The minimum atomic E-state index is 0. The average molecular weight is 323 g/mol. The highest BCUT2D eigenvalue weighted by Crippen LogP contribution is 2.34. The second-order valence-electron chi connectivity index (χ2n) is 6.82. The molecule has 22 heavy (non-hydrogen) atoms. The van der Waals surface area contributed by atoms with Gasteiger partial charge >= 0.3 is 0 Å². The van der Waals surface area contributed by atoms with Crippen LogP contribution < -0.4 is 5.32 Å². The van der Waals surface area contributed by atoms with E-state index in [1.807, 2.05) is 0 Å². The van der Waals surface area contributed by atoms with Crippen LogP contribution >= 0.6 is 12.4 Å². The van der Waals surface area contributed by atoms with Gasteiger partial charge in [0, 0.05) is 12.6 Å². The van der Waals surface area contributed by atoms with E-state index in [0.717, 1.165) is 17.9 Å². The zero-order chi connectivity index (χ0) is 14.5. The zero-order valence-electron chi connectivity index (χ0n) is 13.8. The second-order valence-corrected chi connectivity index (χ2v) is 6.82. The number of hydrogen-bond acceptors (Lipinski definition) is 2. The summed E-state index contributed by atoms with van der Waals surface area (Å²) in [6.07, 6.45) is 6.77. The smallest absolute Gasteiger partial charge is 0.0164 e. The van der Waals surface area contributed by atoms with Crippen LogP contribution in [0.15, 0.2) is 30.3 Å². The normalized spacial score (nSPS) is 24.9. The van der Waals surface area contributed by atoms with Gasteiger partial charge in [0.25, 0.3) is 0 Å². The highest BCUT2D eigenvalue weighted by Gasteiger charge is 2.32. The molecule has 2 nitrogen and oxygen atoms in total. The molecule has 2 saturated heterocycles. The van der Waals surface area contributed by atoms with Crippen LogP contribution in [0, 0.1) is 5.92 Å². The molecule has 1 aromatic carbocycles. The van der Waals surface area contributed by atoms with Gasteiger partial charge in [0.15, 0.2) is 0 Å². The van der Waals surface area contributed by atoms with Gasteiger partial charge in [-0.3, -0.25) is 4.90 Å². The van der Waals surface area contributed by atoms with Gasteiger partial charge in [0.05, 0.1) is 0 Å². The Labute approximate surface area is 142 Å². The van der Waals surface area contributed by atoms with E-state index in [0.29, 0.717) is 0 Å². The lowest BCUT2D eigenvalue weighted by atomic mass is 9.87. The van der Waals surface area contributed by atoms with E-state index in [4.69, 9.17) is 0 Å². The topological polar surface area (TPSA) is 15.3 Å². The third kappa shape index (κ3) is 4.24. The van der Waals surface area contributed by atoms with Crippen molar-refractivity contribution in [3.63, 3.8) is 0 Å². The summed E-state index contributed by atoms with van der Waals surface area (Å²) < 4.78 is 0. The van der Waals surface area contributed by atoms with Crippen molar-refractivity contribution >= 4 is 12.4 Å². The third-order valence-electron chi connectivity index (χ3n) is 5.50. The van der Waals surface area contributed by atoms with Gasteiger partial charge < -0.3 is 5.32 Å². The maximum Gasteiger partial charge on any atom is 0.0164 e. The first-order chi connectivity index (χ1) is 10.4. The molecule has 1 N–H and O–H groups in total. The lowest BCUT2D eigenvalue weighted by Gasteiger charge is -2.35. The van der Waals surface area contributed by atoms with Crippen LogP contribution in [-0.2, 0) is 0 Å². The van der Waals surface area contributed by atoms with Crippen molar-refractivity contribution in [1.82, 2.24) is 10.2 Å². The van der Waals surface area contributed by atoms with Gasteiger partial charge in [-0.2, -0.15) is 0 Å². The molecular weight excluding hydrogens is 292 g/mol. The molecule has 0 bridgehead atoms. The predicted octanol–water partition coefficient (Wildman–Crippen LogP) is 4.07. The summed E-state index contributed by atoms with van der Waals surface area (Å²) in [5.74, 6) is 1.63. The van der Waals surface area contributed by atoms with Crippen molar-refractivity contribution in [1.29, 1.82) is 0 Å². The number of benzene rings is 1. The molecule has 0 radical (unpaired) electrons. The molecule has 0 amide bonds. The maximum absolute atomic E-state index is 3.49. The maximum atomic E-state index is 3.49. The van der Waals surface area contributed by atoms with Crippen LogP contribution in [0.5, 0.6) is 0 Å². The van der Waals surface area contributed by atoms with Crippen molar-refractivity contribution in [2.45, 2.75) is 51.0 Å². The quantitative estimate of drug-likeness (QED) is 0.879. The summed E-state index contributed by atoms with van der Waals surface area (Å²) >= 11 is 0.